The number of anilines is 1. The Kier molecular flexibility index (Phi) is 8.07. The Hall–Kier alpha value is -3.72. The first kappa shape index (κ1) is 27.9. The van der Waals surface area contributed by atoms with Gasteiger partial charge >= 0.3 is 0 Å². The van der Waals surface area contributed by atoms with Crippen LogP contribution in [0.15, 0.2) is 42.5 Å². The molecule has 0 unspecified atom stereocenters. The van der Waals surface area contributed by atoms with Crippen LogP contribution in [0.5, 0.6) is 0 Å². The summed E-state index contributed by atoms with van der Waals surface area (Å²) >= 11 is 5.89. The molecule has 0 radical (unpaired) electrons. The van der Waals surface area contributed by atoms with Gasteiger partial charge in [-0.3, -0.25) is 19.7 Å². The van der Waals surface area contributed by atoms with Crippen LogP contribution in [0.2, 0.25) is 5.02 Å². The molecule has 1 heterocycles. The van der Waals surface area contributed by atoms with Gasteiger partial charge in [-0.1, -0.05) is 44.5 Å². The second kappa shape index (κ2) is 10.7. The number of nitrogens with zero attached hydrogens (tertiary/aromatic N) is 4. The lowest BCUT2D eigenvalue weighted by Gasteiger charge is -2.26. The highest BCUT2D eigenvalue weighted by Crippen LogP contribution is 2.29. The van der Waals surface area contributed by atoms with Crippen molar-refractivity contribution >= 4 is 34.9 Å². The van der Waals surface area contributed by atoms with Gasteiger partial charge < -0.3 is 10.2 Å². The quantitative estimate of drug-likeness (QED) is 0.308. The molecule has 0 atom stereocenters. The maximum absolute atomic E-state index is 13.2. The van der Waals surface area contributed by atoms with Crippen LogP contribution < -0.4 is 5.32 Å². The lowest BCUT2D eigenvalue weighted by molar-refractivity contribution is -0.384. The first-order valence-electron chi connectivity index (χ1n) is 11.9. The van der Waals surface area contributed by atoms with Crippen molar-refractivity contribution in [2.24, 2.45) is 0 Å². The van der Waals surface area contributed by atoms with E-state index in [9.17, 15) is 19.7 Å². The van der Waals surface area contributed by atoms with Crippen LogP contribution in [0.3, 0.4) is 0 Å². The molecule has 0 spiro atoms. The Labute approximate surface area is 221 Å². The predicted molar refractivity (Wildman–Crippen MR) is 145 cm³/mol. The smallest absolute Gasteiger partial charge is 0.288 e. The number of rotatable bonds is 7. The van der Waals surface area contributed by atoms with Gasteiger partial charge in [0.2, 0.25) is 5.91 Å². The Bertz CT molecular complexity index is 1360. The molecule has 1 N–H and O–H groups in total. The van der Waals surface area contributed by atoms with Crippen molar-refractivity contribution in [2.45, 2.75) is 59.9 Å². The third-order valence-corrected chi connectivity index (χ3v) is 6.46. The predicted octanol–water partition coefficient (Wildman–Crippen LogP) is 5.84. The summed E-state index contributed by atoms with van der Waals surface area (Å²) < 4.78 is 1.71. The number of benzene rings is 2. The summed E-state index contributed by atoms with van der Waals surface area (Å²) in [5.41, 5.74) is 3.22. The third kappa shape index (κ3) is 6.17. The molecule has 3 aromatic rings. The van der Waals surface area contributed by atoms with E-state index in [0.717, 1.165) is 28.6 Å². The van der Waals surface area contributed by atoms with Gasteiger partial charge in [-0.2, -0.15) is 5.10 Å². The molecule has 37 heavy (non-hydrogen) atoms. The van der Waals surface area contributed by atoms with Crippen LogP contribution in [0.25, 0.3) is 5.69 Å². The summed E-state index contributed by atoms with van der Waals surface area (Å²) in [4.78, 5) is 38.4. The molecule has 3 rings (SSSR count). The number of aryl methyl sites for hydroxylation is 1. The van der Waals surface area contributed by atoms with Crippen molar-refractivity contribution in [3.05, 3.63) is 80.0 Å². The second-order valence-electron chi connectivity index (χ2n) is 10.3. The monoisotopic (exact) mass is 525 g/mol. The highest BCUT2D eigenvalue weighted by molar-refractivity contribution is 6.32. The van der Waals surface area contributed by atoms with E-state index in [2.05, 4.69) is 5.32 Å². The molecule has 9 nitrogen and oxygen atoms in total. The molecule has 0 fully saturated rings. The summed E-state index contributed by atoms with van der Waals surface area (Å²) in [5.74, 6) is -0.442. The Morgan fingerprint density at radius 3 is 2.43 bits per heavy atom. The van der Waals surface area contributed by atoms with Crippen LogP contribution in [-0.2, 0) is 10.2 Å². The van der Waals surface area contributed by atoms with E-state index in [1.807, 2.05) is 58.9 Å². The fraction of sp³-hybridized carbons (Fsp3) is 0.370. The first-order valence-corrected chi connectivity index (χ1v) is 12.3. The normalized spacial score (nSPS) is 11.5. The van der Waals surface area contributed by atoms with Gasteiger partial charge in [0, 0.05) is 29.2 Å². The molecule has 10 heteroatoms. The van der Waals surface area contributed by atoms with Gasteiger partial charge in [0.05, 0.1) is 16.3 Å². The maximum Gasteiger partial charge on any atom is 0.288 e. The molecule has 2 amide bonds. The zero-order valence-corrected chi connectivity index (χ0v) is 22.9. The van der Waals surface area contributed by atoms with Crippen molar-refractivity contribution in [3.8, 4) is 5.69 Å². The SMILES string of the molecule is Cc1cccc(-n2nc(C(C)(C)C)cc2NC(=O)CN(C(=O)c2ccc(Cl)c([N+](=O)[O-])c2)C(C)C)c1C. The summed E-state index contributed by atoms with van der Waals surface area (Å²) in [7, 11) is 0. The number of amides is 2. The van der Waals surface area contributed by atoms with E-state index >= 15 is 0 Å². The molecular weight excluding hydrogens is 494 g/mol. The fourth-order valence-corrected chi connectivity index (χ4v) is 3.95. The number of hydrogen-bond acceptors (Lipinski definition) is 5. The van der Waals surface area contributed by atoms with E-state index in [1.165, 1.54) is 17.0 Å². The van der Waals surface area contributed by atoms with Crippen LogP contribution in [0.1, 0.15) is 61.8 Å². The second-order valence-corrected chi connectivity index (χ2v) is 10.7. The van der Waals surface area contributed by atoms with Gasteiger partial charge in [0.1, 0.15) is 17.4 Å². The summed E-state index contributed by atoms with van der Waals surface area (Å²) in [6.45, 7) is 13.4. The number of carbonyl (C=O) groups excluding carboxylic acids is 2. The number of nitro benzene ring substituents is 1. The molecule has 0 aliphatic carbocycles. The van der Waals surface area contributed by atoms with Crippen LogP contribution in [0.4, 0.5) is 11.5 Å². The van der Waals surface area contributed by atoms with Crippen LogP contribution in [0, 0.1) is 24.0 Å². The lowest BCUT2D eigenvalue weighted by atomic mass is 9.92. The molecule has 2 aromatic carbocycles. The largest absolute Gasteiger partial charge is 0.327 e. The topological polar surface area (TPSA) is 110 Å². The molecule has 0 saturated heterocycles. The van der Waals surface area contributed by atoms with Crippen molar-refractivity contribution in [1.29, 1.82) is 0 Å². The van der Waals surface area contributed by atoms with E-state index in [4.69, 9.17) is 16.7 Å². The van der Waals surface area contributed by atoms with Crippen molar-refractivity contribution < 1.29 is 14.5 Å². The van der Waals surface area contributed by atoms with Gasteiger partial charge in [-0.25, -0.2) is 4.68 Å². The van der Waals surface area contributed by atoms with E-state index in [0.29, 0.717) is 5.82 Å². The maximum atomic E-state index is 13.2. The van der Waals surface area contributed by atoms with E-state index < -0.39 is 16.7 Å². The average molecular weight is 526 g/mol. The summed E-state index contributed by atoms with van der Waals surface area (Å²) in [5, 5.41) is 18.9. The van der Waals surface area contributed by atoms with Gasteiger partial charge in [0.15, 0.2) is 0 Å². The Balaban J connectivity index is 1.92. The standard InChI is InChI=1S/C27H32ClN5O4/c1-16(2)31(26(35)19-11-12-20(28)22(13-19)33(36)37)15-25(34)29-24-14-23(27(5,6)7)30-32(24)21-10-8-9-17(3)18(21)4/h8-14,16H,15H2,1-7H3,(H,29,34). The highest BCUT2D eigenvalue weighted by Gasteiger charge is 2.26. The highest BCUT2D eigenvalue weighted by atomic mass is 35.5. The molecule has 0 saturated carbocycles. The lowest BCUT2D eigenvalue weighted by Crippen LogP contribution is -2.42. The molecular formula is C27H32ClN5O4. The van der Waals surface area contributed by atoms with Crippen molar-refractivity contribution in [1.82, 2.24) is 14.7 Å². The minimum atomic E-state index is -0.646. The Morgan fingerprint density at radius 1 is 1.16 bits per heavy atom. The van der Waals surface area contributed by atoms with E-state index in [-0.39, 0.29) is 34.3 Å². The zero-order chi connectivity index (χ0) is 27.7. The van der Waals surface area contributed by atoms with Crippen molar-refractivity contribution in [2.75, 3.05) is 11.9 Å². The molecule has 0 bridgehead atoms. The third-order valence-electron chi connectivity index (χ3n) is 6.14. The number of carbonyl (C=O) groups is 2. The number of halogens is 1. The Morgan fingerprint density at radius 2 is 1.84 bits per heavy atom. The number of nitrogens with one attached hydrogen (secondary N) is 1. The summed E-state index contributed by atoms with van der Waals surface area (Å²) in [6.07, 6.45) is 0. The minimum Gasteiger partial charge on any atom is -0.327 e. The first-order chi connectivity index (χ1) is 17.2. The number of nitro groups is 1. The summed E-state index contributed by atoms with van der Waals surface area (Å²) in [6, 6.07) is 11.2. The molecule has 196 valence electrons. The zero-order valence-electron chi connectivity index (χ0n) is 22.1. The molecule has 0 aliphatic rings. The van der Waals surface area contributed by atoms with Gasteiger partial charge in [0.25, 0.3) is 11.6 Å². The average Bonchev–Trinajstić information content (AvgIpc) is 3.22. The number of aromatic nitrogens is 2. The van der Waals surface area contributed by atoms with Gasteiger partial charge in [-0.15, -0.1) is 0 Å². The fourth-order valence-electron chi connectivity index (χ4n) is 3.76. The van der Waals surface area contributed by atoms with E-state index in [1.54, 1.807) is 18.5 Å². The van der Waals surface area contributed by atoms with Crippen LogP contribution in [-0.4, -0.2) is 44.0 Å². The molecule has 0 aliphatic heterocycles. The van der Waals surface area contributed by atoms with Crippen molar-refractivity contribution in [3.63, 3.8) is 0 Å². The van der Waals surface area contributed by atoms with Gasteiger partial charge in [-0.05, 0) is 57.0 Å². The number of hydrogen-bond donors (Lipinski definition) is 1. The molecule has 1 aromatic heterocycles. The van der Waals surface area contributed by atoms with Crippen LogP contribution >= 0.6 is 11.6 Å². The minimum absolute atomic E-state index is 0.0650.